The molecule has 2 heterocycles. The van der Waals surface area contributed by atoms with Crippen molar-refractivity contribution in [2.75, 3.05) is 5.32 Å². The zero-order valence-corrected chi connectivity index (χ0v) is 9.92. The van der Waals surface area contributed by atoms with Crippen molar-refractivity contribution in [1.29, 1.82) is 0 Å². The van der Waals surface area contributed by atoms with E-state index >= 15 is 0 Å². The summed E-state index contributed by atoms with van der Waals surface area (Å²) < 4.78 is 0. The van der Waals surface area contributed by atoms with Gasteiger partial charge in [0.2, 0.25) is 0 Å². The van der Waals surface area contributed by atoms with E-state index in [0.29, 0.717) is 12.1 Å². The molecule has 0 aromatic carbocycles. The fourth-order valence-electron chi connectivity index (χ4n) is 2.06. The van der Waals surface area contributed by atoms with Gasteiger partial charge in [-0.25, -0.2) is 9.97 Å². The molecule has 1 saturated carbocycles. The molecule has 1 aliphatic rings. The van der Waals surface area contributed by atoms with Crippen molar-refractivity contribution in [3.8, 4) is 0 Å². The number of thiophene rings is 1. The average Bonchev–Trinajstić information content (AvgIpc) is 2.57. The van der Waals surface area contributed by atoms with Crippen LogP contribution in [0, 0.1) is 6.92 Å². The van der Waals surface area contributed by atoms with Gasteiger partial charge in [-0.1, -0.05) is 0 Å². The lowest BCUT2D eigenvalue weighted by Crippen LogP contribution is -2.44. The van der Waals surface area contributed by atoms with E-state index in [4.69, 9.17) is 5.73 Å². The smallest absolute Gasteiger partial charge is 0.138 e. The molecule has 0 atom stereocenters. The van der Waals surface area contributed by atoms with Gasteiger partial charge in [0.1, 0.15) is 17.0 Å². The lowest BCUT2D eigenvalue weighted by Gasteiger charge is -2.33. The largest absolute Gasteiger partial charge is 0.367 e. The van der Waals surface area contributed by atoms with E-state index in [0.717, 1.165) is 28.9 Å². The topological polar surface area (TPSA) is 63.8 Å². The van der Waals surface area contributed by atoms with Gasteiger partial charge >= 0.3 is 0 Å². The van der Waals surface area contributed by atoms with E-state index in [1.165, 1.54) is 4.88 Å². The van der Waals surface area contributed by atoms with Crippen molar-refractivity contribution < 1.29 is 0 Å². The van der Waals surface area contributed by atoms with Crippen molar-refractivity contribution in [2.24, 2.45) is 5.73 Å². The molecule has 0 spiro atoms. The Labute approximate surface area is 97.9 Å². The molecule has 3 N–H and O–H groups in total. The molecule has 1 fully saturated rings. The lowest BCUT2D eigenvalue weighted by molar-refractivity contribution is 0.373. The molecule has 4 nitrogen and oxygen atoms in total. The normalized spacial score (nSPS) is 24.4. The molecule has 2 aromatic heterocycles. The number of nitrogens with zero attached hydrogens (tertiary/aromatic N) is 2. The van der Waals surface area contributed by atoms with Gasteiger partial charge in [0.25, 0.3) is 0 Å². The van der Waals surface area contributed by atoms with Crippen LogP contribution in [0.4, 0.5) is 5.82 Å². The zero-order valence-electron chi connectivity index (χ0n) is 9.10. The van der Waals surface area contributed by atoms with E-state index < -0.39 is 0 Å². The molecule has 16 heavy (non-hydrogen) atoms. The van der Waals surface area contributed by atoms with E-state index in [1.807, 2.05) is 0 Å². The van der Waals surface area contributed by atoms with Gasteiger partial charge in [-0.15, -0.1) is 11.3 Å². The first-order valence-corrected chi connectivity index (χ1v) is 6.27. The number of rotatable bonds is 2. The second kappa shape index (κ2) is 3.68. The summed E-state index contributed by atoms with van der Waals surface area (Å²) >= 11 is 1.70. The predicted molar refractivity (Wildman–Crippen MR) is 66.8 cm³/mol. The molecule has 0 bridgehead atoms. The molecule has 3 rings (SSSR count). The first kappa shape index (κ1) is 9.99. The van der Waals surface area contributed by atoms with Crippen molar-refractivity contribution in [2.45, 2.75) is 31.8 Å². The Morgan fingerprint density at radius 2 is 2.25 bits per heavy atom. The van der Waals surface area contributed by atoms with E-state index in [-0.39, 0.29) is 0 Å². The Hall–Kier alpha value is -1.20. The summed E-state index contributed by atoms with van der Waals surface area (Å²) in [6.07, 6.45) is 3.70. The molecular weight excluding hydrogens is 220 g/mol. The Morgan fingerprint density at radius 1 is 1.44 bits per heavy atom. The maximum atomic E-state index is 5.77. The molecule has 0 radical (unpaired) electrons. The number of anilines is 1. The molecule has 0 saturated heterocycles. The van der Waals surface area contributed by atoms with Crippen LogP contribution in [0.5, 0.6) is 0 Å². The Kier molecular flexibility index (Phi) is 2.29. The molecule has 0 amide bonds. The summed E-state index contributed by atoms with van der Waals surface area (Å²) in [6, 6.07) is 2.98. The van der Waals surface area contributed by atoms with Crippen LogP contribution < -0.4 is 11.1 Å². The maximum absolute atomic E-state index is 5.77. The van der Waals surface area contributed by atoms with Gasteiger partial charge in [0, 0.05) is 17.0 Å². The highest BCUT2D eigenvalue weighted by molar-refractivity contribution is 7.18. The first-order chi connectivity index (χ1) is 7.72. The van der Waals surface area contributed by atoms with Crippen LogP contribution in [0.2, 0.25) is 0 Å². The quantitative estimate of drug-likeness (QED) is 0.833. The highest BCUT2D eigenvalue weighted by Crippen LogP contribution is 2.30. The second-order valence-corrected chi connectivity index (χ2v) is 5.61. The number of nitrogens with one attached hydrogen (secondary N) is 1. The van der Waals surface area contributed by atoms with E-state index in [9.17, 15) is 0 Å². The summed E-state index contributed by atoms with van der Waals surface area (Å²) in [5, 5.41) is 4.57. The third kappa shape index (κ3) is 1.66. The van der Waals surface area contributed by atoms with Crippen LogP contribution in [-0.2, 0) is 0 Å². The maximum Gasteiger partial charge on any atom is 0.138 e. The number of hydrogen-bond donors (Lipinski definition) is 2. The van der Waals surface area contributed by atoms with E-state index in [2.05, 4.69) is 28.3 Å². The number of aromatic nitrogens is 2. The van der Waals surface area contributed by atoms with Gasteiger partial charge in [-0.2, -0.15) is 0 Å². The summed E-state index contributed by atoms with van der Waals surface area (Å²) in [4.78, 5) is 10.9. The van der Waals surface area contributed by atoms with Crippen LogP contribution in [0.3, 0.4) is 0 Å². The third-order valence-electron chi connectivity index (χ3n) is 2.97. The Morgan fingerprint density at radius 3 is 3.00 bits per heavy atom. The first-order valence-electron chi connectivity index (χ1n) is 5.45. The van der Waals surface area contributed by atoms with Crippen molar-refractivity contribution >= 4 is 27.4 Å². The second-order valence-electron chi connectivity index (χ2n) is 4.37. The van der Waals surface area contributed by atoms with Crippen LogP contribution in [0.15, 0.2) is 12.4 Å². The third-order valence-corrected chi connectivity index (χ3v) is 3.93. The van der Waals surface area contributed by atoms with Crippen molar-refractivity contribution in [3.63, 3.8) is 0 Å². The number of fused-ring (bicyclic) bond motifs is 1. The Balaban J connectivity index is 1.90. The minimum absolute atomic E-state index is 0.360. The minimum Gasteiger partial charge on any atom is -0.367 e. The summed E-state index contributed by atoms with van der Waals surface area (Å²) in [5.74, 6) is 0.950. The molecule has 1 aliphatic carbocycles. The lowest BCUT2D eigenvalue weighted by atomic mass is 9.87. The van der Waals surface area contributed by atoms with Gasteiger partial charge < -0.3 is 11.1 Å². The van der Waals surface area contributed by atoms with Gasteiger partial charge in [-0.3, -0.25) is 0 Å². The monoisotopic (exact) mass is 234 g/mol. The zero-order chi connectivity index (χ0) is 11.1. The molecule has 5 heteroatoms. The highest BCUT2D eigenvalue weighted by atomic mass is 32.1. The average molecular weight is 234 g/mol. The van der Waals surface area contributed by atoms with Crippen LogP contribution in [-0.4, -0.2) is 22.1 Å². The molecule has 0 aliphatic heterocycles. The van der Waals surface area contributed by atoms with Gasteiger partial charge in [0.05, 0.1) is 5.39 Å². The van der Waals surface area contributed by atoms with Crippen LogP contribution >= 0.6 is 11.3 Å². The number of hydrogen-bond acceptors (Lipinski definition) is 5. The molecular formula is C11H14N4S. The van der Waals surface area contributed by atoms with Gasteiger partial charge in [0.15, 0.2) is 0 Å². The summed E-state index contributed by atoms with van der Waals surface area (Å²) in [5.41, 5.74) is 5.77. The number of nitrogens with two attached hydrogens (primary N) is 1. The number of aryl methyl sites for hydroxylation is 1. The van der Waals surface area contributed by atoms with Crippen LogP contribution in [0.1, 0.15) is 17.7 Å². The molecule has 0 unspecified atom stereocenters. The standard InChI is InChI=1S/C11H14N4S/c1-6-2-9-10(13-5-14-11(9)16-6)15-8-3-7(12)4-8/h2,5,7-8H,3-4,12H2,1H3,(H,13,14,15). The summed E-state index contributed by atoms with van der Waals surface area (Å²) in [7, 11) is 0. The minimum atomic E-state index is 0.360. The SMILES string of the molecule is Cc1cc2c(NC3CC(N)C3)ncnc2s1. The van der Waals surface area contributed by atoms with Crippen LogP contribution in [0.25, 0.3) is 10.2 Å². The van der Waals surface area contributed by atoms with Gasteiger partial charge in [-0.05, 0) is 25.8 Å². The fraction of sp³-hybridized carbons (Fsp3) is 0.455. The Bertz CT molecular complexity index is 516. The summed E-state index contributed by atoms with van der Waals surface area (Å²) in [6.45, 7) is 2.09. The molecule has 84 valence electrons. The van der Waals surface area contributed by atoms with E-state index in [1.54, 1.807) is 17.7 Å². The van der Waals surface area contributed by atoms with Crippen molar-refractivity contribution in [3.05, 3.63) is 17.3 Å². The van der Waals surface area contributed by atoms with Crippen molar-refractivity contribution in [1.82, 2.24) is 9.97 Å². The molecule has 2 aromatic rings. The highest BCUT2D eigenvalue weighted by Gasteiger charge is 2.26. The predicted octanol–water partition coefficient (Wildman–Crippen LogP) is 1.90. The fourth-order valence-corrected chi connectivity index (χ4v) is 2.91.